The third-order valence-corrected chi connectivity index (χ3v) is 3.02. The number of halogens is 1. The van der Waals surface area contributed by atoms with Gasteiger partial charge in [0.15, 0.2) is 0 Å². The van der Waals surface area contributed by atoms with Crippen molar-refractivity contribution < 1.29 is 19.0 Å². The standard InChI is InChI=1S/C13H17FN2O3/c14-10-1-2-11(12(17)9-10)13(18)15-3-4-16-5-7-19-8-6-16/h1-2,9,17H,3-8H2,(H,15,18). The summed E-state index contributed by atoms with van der Waals surface area (Å²) < 4.78 is 18.0. The lowest BCUT2D eigenvalue weighted by Gasteiger charge is -2.26. The average molecular weight is 268 g/mol. The largest absolute Gasteiger partial charge is 0.507 e. The molecule has 1 aliphatic rings. The molecule has 0 atom stereocenters. The van der Waals surface area contributed by atoms with Crippen molar-refractivity contribution in [1.29, 1.82) is 0 Å². The molecule has 1 aliphatic heterocycles. The van der Waals surface area contributed by atoms with Crippen molar-refractivity contribution in [2.75, 3.05) is 39.4 Å². The van der Waals surface area contributed by atoms with Crippen molar-refractivity contribution in [3.05, 3.63) is 29.6 Å². The number of phenolic OH excluding ortho intramolecular Hbond substituents is 1. The molecule has 2 rings (SSSR count). The van der Waals surface area contributed by atoms with Gasteiger partial charge in [0, 0.05) is 32.2 Å². The van der Waals surface area contributed by atoms with Crippen LogP contribution < -0.4 is 5.32 Å². The zero-order valence-corrected chi connectivity index (χ0v) is 10.6. The molecule has 0 aliphatic carbocycles. The molecule has 1 aromatic rings. The molecule has 19 heavy (non-hydrogen) atoms. The Balaban J connectivity index is 1.80. The minimum atomic E-state index is -0.567. The van der Waals surface area contributed by atoms with Gasteiger partial charge in [-0.05, 0) is 12.1 Å². The second-order valence-electron chi connectivity index (χ2n) is 4.37. The quantitative estimate of drug-likeness (QED) is 0.839. The summed E-state index contributed by atoms with van der Waals surface area (Å²) in [6.07, 6.45) is 0. The van der Waals surface area contributed by atoms with E-state index in [-0.39, 0.29) is 11.3 Å². The summed E-state index contributed by atoms with van der Waals surface area (Å²) in [4.78, 5) is 14.0. The number of hydrogen-bond acceptors (Lipinski definition) is 4. The van der Waals surface area contributed by atoms with Gasteiger partial charge >= 0.3 is 0 Å². The summed E-state index contributed by atoms with van der Waals surface area (Å²) in [7, 11) is 0. The van der Waals surface area contributed by atoms with Crippen LogP contribution in [-0.4, -0.2) is 55.3 Å². The third kappa shape index (κ3) is 3.90. The van der Waals surface area contributed by atoms with Gasteiger partial charge in [0.2, 0.25) is 0 Å². The van der Waals surface area contributed by atoms with Gasteiger partial charge < -0.3 is 15.2 Å². The van der Waals surface area contributed by atoms with Gasteiger partial charge in [0.05, 0.1) is 18.8 Å². The smallest absolute Gasteiger partial charge is 0.255 e. The fourth-order valence-corrected chi connectivity index (χ4v) is 1.94. The predicted molar refractivity (Wildman–Crippen MR) is 67.7 cm³/mol. The highest BCUT2D eigenvalue weighted by molar-refractivity contribution is 5.96. The number of amides is 1. The number of carbonyl (C=O) groups is 1. The molecule has 0 radical (unpaired) electrons. The van der Waals surface area contributed by atoms with E-state index in [1.54, 1.807) is 0 Å². The van der Waals surface area contributed by atoms with Gasteiger partial charge in [-0.2, -0.15) is 0 Å². The van der Waals surface area contributed by atoms with Crippen LogP contribution in [0.3, 0.4) is 0 Å². The van der Waals surface area contributed by atoms with Crippen molar-refractivity contribution in [3.63, 3.8) is 0 Å². The first-order chi connectivity index (χ1) is 9.16. The van der Waals surface area contributed by atoms with Crippen LogP contribution in [0.5, 0.6) is 5.75 Å². The van der Waals surface area contributed by atoms with E-state index in [9.17, 15) is 14.3 Å². The summed E-state index contributed by atoms with van der Waals surface area (Å²) in [5.74, 6) is -1.31. The first-order valence-electron chi connectivity index (χ1n) is 6.23. The Morgan fingerprint density at radius 2 is 2.16 bits per heavy atom. The van der Waals surface area contributed by atoms with Crippen LogP contribution in [-0.2, 0) is 4.74 Å². The highest BCUT2D eigenvalue weighted by Crippen LogP contribution is 2.17. The molecule has 1 amide bonds. The molecule has 0 saturated carbocycles. The van der Waals surface area contributed by atoms with Crippen LogP contribution in [0, 0.1) is 5.82 Å². The van der Waals surface area contributed by atoms with Crippen LogP contribution in [0.1, 0.15) is 10.4 Å². The Hall–Kier alpha value is -1.66. The molecule has 0 aromatic heterocycles. The second kappa shape index (κ2) is 6.49. The lowest BCUT2D eigenvalue weighted by Crippen LogP contribution is -2.41. The molecule has 0 bridgehead atoms. The maximum absolute atomic E-state index is 12.8. The topological polar surface area (TPSA) is 61.8 Å². The van der Waals surface area contributed by atoms with E-state index >= 15 is 0 Å². The number of ether oxygens (including phenoxy) is 1. The minimum absolute atomic E-state index is 0.0865. The lowest BCUT2D eigenvalue weighted by atomic mass is 10.2. The molecule has 6 heteroatoms. The minimum Gasteiger partial charge on any atom is -0.507 e. The normalized spacial score (nSPS) is 16.3. The fraction of sp³-hybridized carbons (Fsp3) is 0.462. The Labute approximate surface area is 111 Å². The monoisotopic (exact) mass is 268 g/mol. The first-order valence-corrected chi connectivity index (χ1v) is 6.23. The Morgan fingerprint density at radius 1 is 1.42 bits per heavy atom. The fourth-order valence-electron chi connectivity index (χ4n) is 1.94. The van der Waals surface area contributed by atoms with Crippen LogP contribution in [0.4, 0.5) is 4.39 Å². The molecule has 1 heterocycles. The predicted octanol–water partition coefficient (Wildman–Crippen LogP) is 0.593. The molecular weight excluding hydrogens is 251 g/mol. The summed E-state index contributed by atoms with van der Waals surface area (Å²) in [5.41, 5.74) is 0.0865. The zero-order valence-electron chi connectivity index (χ0n) is 10.6. The number of hydrogen-bond donors (Lipinski definition) is 2. The van der Waals surface area contributed by atoms with Crippen molar-refractivity contribution in [2.24, 2.45) is 0 Å². The van der Waals surface area contributed by atoms with Crippen molar-refractivity contribution in [1.82, 2.24) is 10.2 Å². The second-order valence-corrected chi connectivity index (χ2v) is 4.37. The summed E-state index contributed by atoms with van der Waals surface area (Å²) in [6, 6.07) is 3.35. The third-order valence-electron chi connectivity index (χ3n) is 3.02. The number of benzene rings is 1. The van der Waals surface area contributed by atoms with E-state index in [1.165, 1.54) is 6.07 Å². The van der Waals surface area contributed by atoms with E-state index in [0.717, 1.165) is 31.8 Å². The number of nitrogens with zero attached hydrogens (tertiary/aromatic N) is 1. The van der Waals surface area contributed by atoms with Crippen LogP contribution in [0.2, 0.25) is 0 Å². The molecule has 0 unspecified atom stereocenters. The first kappa shape index (κ1) is 13.8. The SMILES string of the molecule is O=C(NCCN1CCOCC1)c1ccc(F)cc1O. The van der Waals surface area contributed by atoms with Gasteiger partial charge in [0.25, 0.3) is 5.91 Å². The van der Waals surface area contributed by atoms with Crippen LogP contribution in [0.15, 0.2) is 18.2 Å². The number of aromatic hydroxyl groups is 1. The Bertz CT molecular complexity index is 448. The van der Waals surface area contributed by atoms with Crippen molar-refractivity contribution in [3.8, 4) is 5.75 Å². The highest BCUT2D eigenvalue weighted by atomic mass is 19.1. The number of phenols is 1. The van der Waals surface area contributed by atoms with Gasteiger partial charge in [-0.15, -0.1) is 0 Å². The molecule has 1 fully saturated rings. The van der Waals surface area contributed by atoms with Crippen molar-refractivity contribution >= 4 is 5.91 Å². The molecule has 5 nitrogen and oxygen atoms in total. The molecule has 1 saturated heterocycles. The number of rotatable bonds is 4. The van der Waals surface area contributed by atoms with Crippen molar-refractivity contribution in [2.45, 2.75) is 0 Å². The van der Waals surface area contributed by atoms with E-state index < -0.39 is 11.7 Å². The van der Waals surface area contributed by atoms with E-state index in [4.69, 9.17) is 4.74 Å². The molecule has 1 aromatic carbocycles. The van der Waals surface area contributed by atoms with Gasteiger partial charge in [-0.3, -0.25) is 9.69 Å². The number of morpholine rings is 1. The molecule has 104 valence electrons. The molecular formula is C13H17FN2O3. The Kier molecular flexibility index (Phi) is 4.70. The summed E-state index contributed by atoms with van der Waals surface area (Å²) in [6.45, 7) is 4.36. The lowest BCUT2D eigenvalue weighted by molar-refractivity contribution is 0.0383. The average Bonchev–Trinajstić information content (AvgIpc) is 2.39. The molecule has 0 spiro atoms. The zero-order chi connectivity index (χ0) is 13.7. The summed E-state index contributed by atoms with van der Waals surface area (Å²) >= 11 is 0. The van der Waals surface area contributed by atoms with E-state index in [2.05, 4.69) is 10.2 Å². The number of carbonyl (C=O) groups excluding carboxylic acids is 1. The maximum Gasteiger partial charge on any atom is 0.255 e. The Morgan fingerprint density at radius 3 is 2.84 bits per heavy atom. The molecule has 2 N–H and O–H groups in total. The van der Waals surface area contributed by atoms with Crippen LogP contribution in [0.25, 0.3) is 0 Å². The van der Waals surface area contributed by atoms with Crippen LogP contribution >= 0.6 is 0 Å². The summed E-state index contributed by atoms with van der Waals surface area (Å²) in [5, 5.41) is 12.2. The highest BCUT2D eigenvalue weighted by Gasteiger charge is 2.13. The van der Waals surface area contributed by atoms with Gasteiger partial charge in [0.1, 0.15) is 11.6 Å². The maximum atomic E-state index is 12.8. The van der Waals surface area contributed by atoms with Gasteiger partial charge in [-0.1, -0.05) is 0 Å². The van der Waals surface area contributed by atoms with Gasteiger partial charge in [-0.25, -0.2) is 4.39 Å². The van der Waals surface area contributed by atoms with E-state index in [0.29, 0.717) is 19.8 Å². The van der Waals surface area contributed by atoms with E-state index in [1.807, 2.05) is 0 Å². The number of nitrogens with one attached hydrogen (secondary N) is 1.